The van der Waals surface area contributed by atoms with Crippen LogP contribution >= 0.6 is 7.37 Å². The summed E-state index contributed by atoms with van der Waals surface area (Å²) < 4.78 is 23.7. The first kappa shape index (κ1) is 22.5. The van der Waals surface area contributed by atoms with Crippen LogP contribution in [0.5, 0.6) is 0 Å². The monoisotopic (exact) mass is 381 g/mol. The Morgan fingerprint density at radius 1 is 1.27 bits per heavy atom. The summed E-state index contributed by atoms with van der Waals surface area (Å²) >= 11 is 0. The van der Waals surface area contributed by atoms with Crippen molar-refractivity contribution in [1.29, 1.82) is 0 Å². The van der Waals surface area contributed by atoms with Gasteiger partial charge in [0, 0.05) is 25.4 Å². The molecule has 0 N–H and O–H groups in total. The van der Waals surface area contributed by atoms with Gasteiger partial charge in [0.05, 0.1) is 6.61 Å². The number of hydrogen-bond acceptors (Lipinski definition) is 4. The maximum Gasteiger partial charge on any atom is 0.410 e. The Morgan fingerprint density at radius 3 is 2.46 bits per heavy atom. The minimum atomic E-state index is -2.73. The molecule has 0 heterocycles. The van der Waals surface area contributed by atoms with Gasteiger partial charge in [-0.1, -0.05) is 36.4 Å². The van der Waals surface area contributed by atoms with Crippen LogP contribution in [0.2, 0.25) is 0 Å². The fourth-order valence-corrected chi connectivity index (χ4v) is 4.41. The van der Waals surface area contributed by atoms with Crippen LogP contribution in [0.4, 0.5) is 4.79 Å². The highest BCUT2D eigenvalue weighted by Crippen LogP contribution is 2.47. The Labute approximate surface area is 157 Å². The molecule has 1 unspecified atom stereocenters. The fourth-order valence-electron chi connectivity index (χ4n) is 2.51. The highest BCUT2D eigenvalue weighted by molar-refractivity contribution is 7.59. The molecule has 0 radical (unpaired) electrons. The Balaban J connectivity index is 2.76. The van der Waals surface area contributed by atoms with Gasteiger partial charge in [-0.3, -0.25) is 4.57 Å². The second kappa shape index (κ2) is 10.5. The number of benzene rings is 1. The van der Waals surface area contributed by atoms with Gasteiger partial charge in [0.25, 0.3) is 0 Å². The SMILES string of the molecule is C=CCP(=O)(CCCN(Cc1ccccc1)C(=O)OC(C)(C)C)OCC. The van der Waals surface area contributed by atoms with Crippen molar-refractivity contribution in [2.75, 3.05) is 25.5 Å². The van der Waals surface area contributed by atoms with Gasteiger partial charge in [0.1, 0.15) is 5.60 Å². The van der Waals surface area contributed by atoms with E-state index in [-0.39, 0.29) is 6.09 Å². The molecule has 0 aliphatic rings. The summed E-state index contributed by atoms with van der Waals surface area (Å²) in [7, 11) is -2.73. The molecule has 1 atom stereocenters. The van der Waals surface area contributed by atoms with Gasteiger partial charge in [0.15, 0.2) is 0 Å². The van der Waals surface area contributed by atoms with E-state index >= 15 is 0 Å². The second-order valence-electron chi connectivity index (χ2n) is 7.17. The maximum absolute atomic E-state index is 12.7. The molecule has 5 nitrogen and oxygen atoms in total. The molecule has 1 amide bonds. The zero-order valence-electron chi connectivity index (χ0n) is 16.4. The Morgan fingerprint density at radius 2 is 1.92 bits per heavy atom. The third kappa shape index (κ3) is 8.68. The zero-order chi connectivity index (χ0) is 19.6. The zero-order valence-corrected chi connectivity index (χ0v) is 17.3. The van der Waals surface area contributed by atoms with E-state index in [2.05, 4.69) is 6.58 Å². The van der Waals surface area contributed by atoms with Crippen molar-refractivity contribution in [3.8, 4) is 0 Å². The largest absolute Gasteiger partial charge is 0.444 e. The van der Waals surface area contributed by atoms with Gasteiger partial charge in [-0.15, -0.1) is 6.58 Å². The molecule has 146 valence electrons. The Hall–Kier alpha value is -1.58. The van der Waals surface area contributed by atoms with Crippen LogP contribution in [0, 0.1) is 0 Å². The summed E-state index contributed by atoms with van der Waals surface area (Å²) in [5.74, 6) is 0. The summed E-state index contributed by atoms with van der Waals surface area (Å²) in [5, 5.41) is 0. The molecule has 6 heteroatoms. The Kier molecular flexibility index (Phi) is 9.11. The number of carbonyl (C=O) groups is 1. The van der Waals surface area contributed by atoms with Crippen molar-refractivity contribution in [2.45, 2.75) is 46.3 Å². The number of carbonyl (C=O) groups excluding carboxylic acids is 1. The molecular formula is C20H32NO4P. The van der Waals surface area contributed by atoms with E-state index in [1.165, 1.54) is 0 Å². The van der Waals surface area contributed by atoms with E-state index in [9.17, 15) is 9.36 Å². The number of allylic oxidation sites excluding steroid dienone is 1. The number of ether oxygens (including phenoxy) is 1. The van der Waals surface area contributed by atoms with Crippen molar-refractivity contribution in [3.05, 3.63) is 48.6 Å². The molecule has 1 aromatic carbocycles. The van der Waals surface area contributed by atoms with Crippen molar-refractivity contribution >= 4 is 13.5 Å². The number of rotatable bonds is 10. The van der Waals surface area contributed by atoms with Crippen LogP contribution in [-0.4, -0.2) is 42.1 Å². The molecular weight excluding hydrogens is 349 g/mol. The average molecular weight is 381 g/mol. The smallest absolute Gasteiger partial charge is 0.410 e. The van der Waals surface area contributed by atoms with E-state index in [0.717, 1.165) is 5.56 Å². The predicted octanol–water partition coefficient (Wildman–Crippen LogP) is 5.31. The molecule has 0 bridgehead atoms. The standard InChI is InChI=1S/C20H32NO4P/c1-6-15-26(23,24-7-2)16-11-14-21(19(22)25-20(3,4)5)17-18-12-9-8-10-13-18/h6,8-10,12-13H,1,7,11,14-17H2,2-5H3. The van der Waals surface area contributed by atoms with Crippen LogP contribution in [0.25, 0.3) is 0 Å². The molecule has 1 aromatic rings. The van der Waals surface area contributed by atoms with Gasteiger partial charge in [0.2, 0.25) is 7.37 Å². The third-order valence-electron chi connectivity index (χ3n) is 3.57. The molecule has 26 heavy (non-hydrogen) atoms. The van der Waals surface area contributed by atoms with Crippen LogP contribution in [0.15, 0.2) is 43.0 Å². The Bertz CT molecular complexity index is 610. The third-order valence-corrected chi connectivity index (χ3v) is 6.11. The fraction of sp³-hybridized carbons (Fsp3) is 0.550. The molecule has 0 fully saturated rings. The van der Waals surface area contributed by atoms with Gasteiger partial charge >= 0.3 is 6.09 Å². The van der Waals surface area contributed by atoms with Gasteiger partial charge in [-0.2, -0.15) is 0 Å². The van der Waals surface area contributed by atoms with Crippen LogP contribution < -0.4 is 0 Å². The van der Waals surface area contributed by atoms with Crippen molar-refractivity contribution in [2.24, 2.45) is 0 Å². The highest BCUT2D eigenvalue weighted by Gasteiger charge is 2.25. The minimum absolute atomic E-state index is 0.353. The molecule has 0 saturated carbocycles. The van der Waals surface area contributed by atoms with Crippen LogP contribution in [0.3, 0.4) is 0 Å². The average Bonchev–Trinajstić information content (AvgIpc) is 2.53. The lowest BCUT2D eigenvalue weighted by Gasteiger charge is -2.28. The maximum atomic E-state index is 12.7. The first-order valence-corrected chi connectivity index (χ1v) is 11.0. The van der Waals surface area contributed by atoms with E-state index in [0.29, 0.717) is 38.4 Å². The van der Waals surface area contributed by atoms with Crippen LogP contribution in [-0.2, 0) is 20.4 Å². The lowest BCUT2D eigenvalue weighted by atomic mass is 10.2. The summed E-state index contributed by atoms with van der Waals surface area (Å²) in [6.45, 7) is 12.3. The number of nitrogens with zero attached hydrogens (tertiary/aromatic N) is 1. The molecule has 0 aromatic heterocycles. The highest BCUT2D eigenvalue weighted by atomic mass is 31.2. The van der Waals surface area contributed by atoms with Gasteiger partial charge in [-0.25, -0.2) is 4.79 Å². The van der Waals surface area contributed by atoms with Crippen molar-refractivity contribution < 1.29 is 18.6 Å². The van der Waals surface area contributed by atoms with E-state index in [4.69, 9.17) is 9.26 Å². The van der Waals surface area contributed by atoms with E-state index in [1.807, 2.05) is 58.0 Å². The first-order valence-electron chi connectivity index (χ1n) is 9.04. The van der Waals surface area contributed by atoms with E-state index in [1.54, 1.807) is 11.0 Å². The first-order chi connectivity index (χ1) is 12.2. The summed E-state index contributed by atoms with van der Waals surface area (Å²) in [4.78, 5) is 14.2. The molecule has 0 aliphatic carbocycles. The van der Waals surface area contributed by atoms with Crippen molar-refractivity contribution in [3.63, 3.8) is 0 Å². The van der Waals surface area contributed by atoms with Crippen molar-refractivity contribution in [1.82, 2.24) is 4.90 Å². The van der Waals surface area contributed by atoms with E-state index < -0.39 is 13.0 Å². The predicted molar refractivity (Wildman–Crippen MR) is 107 cm³/mol. The number of amides is 1. The quantitative estimate of drug-likeness (QED) is 0.407. The lowest BCUT2D eigenvalue weighted by molar-refractivity contribution is 0.0233. The second-order valence-corrected chi connectivity index (χ2v) is 9.87. The lowest BCUT2D eigenvalue weighted by Crippen LogP contribution is -2.37. The molecule has 1 rings (SSSR count). The summed E-state index contributed by atoms with van der Waals surface area (Å²) in [6.07, 6.45) is 2.62. The van der Waals surface area contributed by atoms with Gasteiger partial charge < -0.3 is 14.2 Å². The molecule has 0 saturated heterocycles. The normalized spacial score (nSPS) is 13.7. The molecule has 0 spiro atoms. The summed E-state index contributed by atoms with van der Waals surface area (Å²) in [6, 6.07) is 9.77. The summed E-state index contributed by atoms with van der Waals surface area (Å²) in [5.41, 5.74) is 0.465. The van der Waals surface area contributed by atoms with Gasteiger partial charge in [-0.05, 0) is 39.7 Å². The molecule has 0 aliphatic heterocycles. The number of hydrogen-bond donors (Lipinski definition) is 0. The minimum Gasteiger partial charge on any atom is -0.444 e. The van der Waals surface area contributed by atoms with Crippen LogP contribution in [0.1, 0.15) is 39.7 Å². The topological polar surface area (TPSA) is 55.8 Å².